The van der Waals surface area contributed by atoms with Gasteiger partial charge in [-0.25, -0.2) is 0 Å². The quantitative estimate of drug-likeness (QED) is 0.356. The van der Waals surface area contributed by atoms with E-state index in [1.54, 1.807) is 0 Å². The molecule has 0 bridgehead atoms. The second-order valence-corrected chi connectivity index (χ2v) is 5.00. The van der Waals surface area contributed by atoms with Crippen molar-refractivity contribution < 1.29 is 35.9 Å². The molecule has 0 spiro atoms. The fourth-order valence-corrected chi connectivity index (χ4v) is 1.72. The number of ether oxygens (including phenoxy) is 1. The Balaban J connectivity index is 4.37. The molecular formula is C13H20F6O2. The van der Waals surface area contributed by atoms with Crippen LogP contribution in [0.4, 0.5) is 26.3 Å². The third-order valence-corrected chi connectivity index (χ3v) is 2.97. The number of unbranched alkanes of at least 4 members (excludes halogenated alkanes) is 4. The molecule has 0 rings (SSSR count). The Hall–Kier alpha value is -0.950. The Morgan fingerprint density at radius 2 is 1.43 bits per heavy atom. The van der Waals surface area contributed by atoms with Crippen molar-refractivity contribution in [1.29, 1.82) is 0 Å². The molecule has 0 aliphatic carbocycles. The Morgan fingerprint density at radius 1 is 0.952 bits per heavy atom. The van der Waals surface area contributed by atoms with E-state index in [0.29, 0.717) is 6.42 Å². The number of hydrogen-bond donors (Lipinski definition) is 0. The lowest BCUT2D eigenvalue weighted by molar-refractivity contribution is -0.314. The minimum Gasteiger partial charge on any atom is -0.443 e. The van der Waals surface area contributed by atoms with Crippen LogP contribution in [0, 0.1) is 5.92 Å². The summed E-state index contributed by atoms with van der Waals surface area (Å²) in [5.74, 6) is -2.45. The van der Waals surface area contributed by atoms with E-state index in [4.69, 9.17) is 0 Å². The summed E-state index contributed by atoms with van der Waals surface area (Å²) < 4.78 is 77.0. The van der Waals surface area contributed by atoms with Crippen LogP contribution in [0.1, 0.15) is 52.4 Å². The molecule has 0 saturated heterocycles. The van der Waals surface area contributed by atoms with E-state index in [-0.39, 0.29) is 6.42 Å². The first-order chi connectivity index (χ1) is 9.50. The predicted octanol–water partition coefficient (Wildman–Crippen LogP) is 5.02. The predicted molar refractivity (Wildman–Crippen MR) is 64.5 cm³/mol. The molecule has 2 nitrogen and oxygen atoms in total. The van der Waals surface area contributed by atoms with Crippen molar-refractivity contribution in [3.63, 3.8) is 0 Å². The summed E-state index contributed by atoms with van der Waals surface area (Å²) in [5, 5.41) is 0. The molecule has 21 heavy (non-hydrogen) atoms. The van der Waals surface area contributed by atoms with Gasteiger partial charge in [-0.2, -0.15) is 26.3 Å². The summed E-state index contributed by atoms with van der Waals surface area (Å²) in [4.78, 5) is 11.3. The molecule has 0 heterocycles. The van der Waals surface area contributed by atoms with E-state index in [1.807, 2.05) is 6.92 Å². The van der Waals surface area contributed by atoms with Crippen molar-refractivity contribution in [2.75, 3.05) is 0 Å². The molecular weight excluding hydrogens is 302 g/mol. The fourth-order valence-electron chi connectivity index (χ4n) is 1.72. The number of hydrogen-bond acceptors (Lipinski definition) is 2. The second kappa shape index (κ2) is 8.48. The van der Waals surface area contributed by atoms with Crippen LogP contribution in [0.25, 0.3) is 0 Å². The van der Waals surface area contributed by atoms with Crippen LogP contribution in [0.15, 0.2) is 0 Å². The van der Waals surface area contributed by atoms with Crippen molar-refractivity contribution >= 4 is 5.97 Å². The van der Waals surface area contributed by atoms with Gasteiger partial charge in [0.25, 0.3) is 6.10 Å². The van der Waals surface area contributed by atoms with Crippen LogP contribution in [0.5, 0.6) is 0 Å². The second-order valence-electron chi connectivity index (χ2n) is 5.00. The molecule has 0 aromatic rings. The molecule has 0 aliphatic heterocycles. The first-order valence-corrected chi connectivity index (χ1v) is 6.84. The minimum atomic E-state index is -5.66. The monoisotopic (exact) mass is 322 g/mol. The number of carbonyl (C=O) groups is 1. The van der Waals surface area contributed by atoms with Gasteiger partial charge in [0.05, 0.1) is 5.92 Å². The highest BCUT2D eigenvalue weighted by atomic mass is 19.4. The summed E-state index contributed by atoms with van der Waals surface area (Å²) in [6.45, 7) is 3.28. The van der Waals surface area contributed by atoms with E-state index < -0.39 is 30.3 Å². The average Bonchev–Trinajstić information content (AvgIpc) is 2.32. The molecule has 0 radical (unpaired) electrons. The largest absolute Gasteiger partial charge is 0.443 e. The Morgan fingerprint density at radius 3 is 1.86 bits per heavy atom. The van der Waals surface area contributed by atoms with Crippen LogP contribution in [0.2, 0.25) is 0 Å². The van der Waals surface area contributed by atoms with Gasteiger partial charge in [-0.15, -0.1) is 0 Å². The normalized spacial score (nSPS) is 14.3. The van der Waals surface area contributed by atoms with Crippen LogP contribution >= 0.6 is 0 Å². The van der Waals surface area contributed by atoms with Gasteiger partial charge in [-0.1, -0.05) is 46.0 Å². The Bertz CT molecular complexity index is 297. The van der Waals surface area contributed by atoms with Crippen LogP contribution < -0.4 is 0 Å². The third kappa shape index (κ3) is 8.16. The summed E-state index contributed by atoms with van der Waals surface area (Å²) in [6.07, 6.45) is -10.9. The van der Waals surface area contributed by atoms with Crippen LogP contribution in [-0.4, -0.2) is 24.4 Å². The Labute approximate surface area is 119 Å². The van der Waals surface area contributed by atoms with E-state index in [9.17, 15) is 31.1 Å². The highest BCUT2D eigenvalue weighted by Crippen LogP contribution is 2.36. The van der Waals surface area contributed by atoms with Gasteiger partial charge in [0.15, 0.2) is 0 Å². The number of carbonyl (C=O) groups excluding carboxylic acids is 1. The maximum absolute atomic E-state index is 12.2. The van der Waals surface area contributed by atoms with Crippen molar-refractivity contribution in [3.05, 3.63) is 0 Å². The molecule has 0 aliphatic rings. The molecule has 0 aromatic carbocycles. The first kappa shape index (κ1) is 20.1. The lowest BCUT2D eigenvalue weighted by Crippen LogP contribution is -2.46. The average molecular weight is 322 g/mol. The highest BCUT2D eigenvalue weighted by Gasteiger charge is 2.60. The molecule has 8 heteroatoms. The van der Waals surface area contributed by atoms with Crippen molar-refractivity contribution in [2.45, 2.75) is 70.8 Å². The van der Waals surface area contributed by atoms with Gasteiger partial charge < -0.3 is 4.74 Å². The van der Waals surface area contributed by atoms with Crippen LogP contribution in [0.3, 0.4) is 0 Å². The molecule has 0 amide bonds. The lowest BCUT2D eigenvalue weighted by atomic mass is 10.0. The molecule has 1 unspecified atom stereocenters. The summed E-state index contributed by atoms with van der Waals surface area (Å²) >= 11 is 0. The van der Waals surface area contributed by atoms with Gasteiger partial charge >= 0.3 is 18.3 Å². The van der Waals surface area contributed by atoms with Crippen molar-refractivity contribution in [1.82, 2.24) is 0 Å². The molecule has 0 aromatic heterocycles. The minimum absolute atomic E-state index is 0.213. The summed E-state index contributed by atoms with van der Waals surface area (Å²) in [5.41, 5.74) is 0. The zero-order chi connectivity index (χ0) is 16.7. The summed E-state index contributed by atoms with van der Waals surface area (Å²) in [7, 11) is 0. The zero-order valence-electron chi connectivity index (χ0n) is 12.0. The number of alkyl halides is 6. The smallest absolute Gasteiger partial charge is 0.434 e. The van der Waals surface area contributed by atoms with Gasteiger partial charge in [-0.3, -0.25) is 4.79 Å². The van der Waals surface area contributed by atoms with Gasteiger partial charge in [0.1, 0.15) is 0 Å². The first-order valence-electron chi connectivity index (χ1n) is 6.84. The van der Waals surface area contributed by atoms with Gasteiger partial charge in [0, 0.05) is 0 Å². The maximum Gasteiger partial charge on any atom is 0.434 e. The van der Waals surface area contributed by atoms with Gasteiger partial charge in [0.2, 0.25) is 0 Å². The SMILES string of the molecule is CCCCCCCC(C)C(=O)OC(C(F)(F)F)C(F)(F)F. The fraction of sp³-hybridized carbons (Fsp3) is 0.923. The molecule has 0 fully saturated rings. The number of esters is 1. The molecule has 0 N–H and O–H groups in total. The van der Waals surface area contributed by atoms with Crippen LogP contribution in [-0.2, 0) is 9.53 Å². The zero-order valence-corrected chi connectivity index (χ0v) is 12.0. The molecule has 1 atom stereocenters. The van der Waals surface area contributed by atoms with Crippen molar-refractivity contribution in [2.24, 2.45) is 5.92 Å². The lowest BCUT2D eigenvalue weighted by Gasteiger charge is -2.24. The van der Waals surface area contributed by atoms with E-state index in [2.05, 4.69) is 4.74 Å². The van der Waals surface area contributed by atoms with E-state index in [0.717, 1.165) is 25.7 Å². The van der Waals surface area contributed by atoms with Gasteiger partial charge in [-0.05, 0) is 6.42 Å². The number of rotatable bonds is 8. The Kier molecular flexibility index (Phi) is 8.10. The molecule has 0 saturated carbocycles. The topological polar surface area (TPSA) is 26.3 Å². The number of halogens is 6. The van der Waals surface area contributed by atoms with E-state index >= 15 is 0 Å². The standard InChI is InChI=1S/C13H20F6O2/c1-3-4-5-6-7-8-9(2)10(20)21-11(12(14,15)16)13(17,18)19/h9,11H,3-8H2,1-2H3. The third-order valence-electron chi connectivity index (χ3n) is 2.97. The highest BCUT2D eigenvalue weighted by molar-refractivity contribution is 5.72. The summed E-state index contributed by atoms with van der Waals surface area (Å²) in [6, 6.07) is 0. The maximum atomic E-state index is 12.2. The van der Waals surface area contributed by atoms with Crippen molar-refractivity contribution in [3.8, 4) is 0 Å². The molecule has 126 valence electrons. The van der Waals surface area contributed by atoms with E-state index in [1.165, 1.54) is 6.92 Å².